The van der Waals surface area contributed by atoms with Gasteiger partial charge in [-0.25, -0.2) is 0 Å². The van der Waals surface area contributed by atoms with E-state index in [4.69, 9.17) is 33.7 Å². The van der Waals surface area contributed by atoms with E-state index in [1.165, 1.54) is 5.54 Å². The van der Waals surface area contributed by atoms with Gasteiger partial charge in [-0.1, -0.05) is 23.2 Å². The average molecular weight is 232 g/mol. The molecule has 14 heavy (non-hydrogen) atoms. The first-order chi connectivity index (χ1) is 6.65. The number of ether oxygens (including phenoxy) is 1. The van der Waals surface area contributed by atoms with Gasteiger partial charge in [0.05, 0.1) is 5.02 Å². The Morgan fingerprint density at radius 3 is 2.86 bits per heavy atom. The first-order valence-electron chi connectivity index (χ1n) is 4.08. The minimum absolute atomic E-state index is 0.395. The predicted molar refractivity (Wildman–Crippen MR) is 61.1 cm³/mol. The number of nitrogen functional groups attached to an aromatic ring is 1. The van der Waals surface area contributed by atoms with Crippen LogP contribution in [0.15, 0.2) is 23.7 Å². The number of nitrogens with two attached hydrogens (primary N) is 1. The minimum atomic E-state index is 0.395. The largest absolute Gasteiger partial charge is 0.488 e. The lowest BCUT2D eigenvalue weighted by Gasteiger charge is -2.08. The quantitative estimate of drug-likeness (QED) is 0.811. The summed E-state index contributed by atoms with van der Waals surface area (Å²) in [4.78, 5) is 0. The van der Waals surface area contributed by atoms with Crippen LogP contribution in [0, 0.1) is 6.92 Å². The van der Waals surface area contributed by atoms with Gasteiger partial charge >= 0.3 is 0 Å². The molecule has 1 aromatic rings. The average Bonchev–Trinajstić information content (AvgIpc) is 2.14. The molecule has 0 spiro atoms. The zero-order valence-electron chi connectivity index (χ0n) is 7.76. The van der Waals surface area contributed by atoms with Crippen LogP contribution >= 0.6 is 23.2 Å². The number of rotatable bonds is 3. The molecule has 0 aliphatic rings. The van der Waals surface area contributed by atoms with Gasteiger partial charge < -0.3 is 10.5 Å². The second-order valence-corrected chi connectivity index (χ2v) is 3.47. The van der Waals surface area contributed by atoms with Crippen molar-refractivity contribution >= 4 is 28.9 Å². The normalized spacial score (nSPS) is 10.8. The summed E-state index contributed by atoms with van der Waals surface area (Å²) in [6.07, 6.45) is 1.68. The lowest BCUT2D eigenvalue weighted by molar-refractivity contribution is 0.363. The second kappa shape index (κ2) is 5.13. The van der Waals surface area contributed by atoms with Gasteiger partial charge in [-0.3, -0.25) is 0 Å². The molecule has 0 fully saturated rings. The first kappa shape index (κ1) is 11.2. The Kier molecular flexibility index (Phi) is 4.11. The van der Waals surface area contributed by atoms with Gasteiger partial charge in [0.25, 0.3) is 0 Å². The van der Waals surface area contributed by atoms with Crippen LogP contribution in [0.1, 0.15) is 5.56 Å². The van der Waals surface area contributed by atoms with E-state index in [9.17, 15) is 0 Å². The molecule has 0 bridgehead atoms. The zero-order chi connectivity index (χ0) is 10.6. The Morgan fingerprint density at radius 1 is 1.50 bits per heavy atom. The van der Waals surface area contributed by atoms with Gasteiger partial charge in [-0.05, 0) is 30.7 Å². The lowest BCUT2D eigenvalue weighted by atomic mass is 10.2. The standard InChI is InChI=1S/C10H11Cl2NO/c1-7-5-10(14-4-2-3-11)8(12)6-9(7)13/h2-3,5-6H,4,13H2,1H3/b3-2+. The van der Waals surface area contributed by atoms with Crippen molar-refractivity contribution in [2.45, 2.75) is 6.92 Å². The molecule has 2 nitrogen and oxygen atoms in total. The summed E-state index contributed by atoms with van der Waals surface area (Å²) in [6.45, 7) is 2.29. The molecule has 0 unspecified atom stereocenters. The SMILES string of the molecule is Cc1cc(OC/C=C/Cl)c(Cl)cc1N. The van der Waals surface area contributed by atoms with E-state index < -0.39 is 0 Å². The summed E-state index contributed by atoms with van der Waals surface area (Å²) in [5.41, 5.74) is 8.68. The predicted octanol–water partition coefficient (Wildman–Crippen LogP) is 3.36. The molecule has 0 saturated heterocycles. The van der Waals surface area contributed by atoms with Crippen LogP contribution in [0.25, 0.3) is 0 Å². The Morgan fingerprint density at radius 2 is 2.21 bits per heavy atom. The van der Waals surface area contributed by atoms with Crippen molar-refractivity contribution in [3.63, 3.8) is 0 Å². The molecule has 4 heteroatoms. The van der Waals surface area contributed by atoms with Crippen LogP contribution in [-0.2, 0) is 0 Å². The summed E-state index contributed by atoms with van der Waals surface area (Å²) >= 11 is 11.3. The Balaban J connectivity index is 2.81. The zero-order valence-corrected chi connectivity index (χ0v) is 9.27. The van der Waals surface area contributed by atoms with Gasteiger partial charge in [0.2, 0.25) is 0 Å². The summed E-state index contributed by atoms with van der Waals surface area (Å²) in [7, 11) is 0. The van der Waals surface area contributed by atoms with Crippen molar-refractivity contribution in [1.29, 1.82) is 0 Å². The van der Waals surface area contributed by atoms with Crippen LogP contribution in [0.3, 0.4) is 0 Å². The van der Waals surface area contributed by atoms with Gasteiger partial charge in [0, 0.05) is 11.2 Å². The fourth-order valence-corrected chi connectivity index (χ4v) is 1.25. The third kappa shape index (κ3) is 2.82. The minimum Gasteiger partial charge on any atom is -0.488 e. The molecule has 76 valence electrons. The maximum Gasteiger partial charge on any atom is 0.138 e. The van der Waals surface area contributed by atoms with E-state index in [1.807, 2.05) is 6.92 Å². The molecule has 0 aromatic heterocycles. The first-order valence-corrected chi connectivity index (χ1v) is 4.90. The molecule has 0 heterocycles. The van der Waals surface area contributed by atoms with Gasteiger partial charge in [-0.15, -0.1) is 0 Å². The summed E-state index contributed by atoms with van der Waals surface area (Å²) in [6, 6.07) is 3.48. The lowest BCUT2D eigenvalue weighted by Crippen LogP contribution is -1.96. The van der Waals surface area contributed by atoms with Crippen LogP contribution in [0.2, 0.25) is 5.02 Å². The van der Waals surface area contributed by atoms with Crippen molar-refractivity contribution < 1.29 is 4.74 Å². The molecule has 0 atom stereocenters. The number of aryl methyl sites for hydroxylation is 1. The molecule has 0 amide bonds. The van der Waals surface area contributed by atoms with Gasteiger partial charge in [0.1, 0.15) is 12.4 Å². The monoisotopic (exact) mass is 231 g/mol. The van der Waals surface area contributed by atoms with Gasteiger partial charge in [0.15, 0.2) is 0 Å². The number of halogens is 2. The van der Waals surface area contributed by atoms with Crippen LogP contribution in [0.4, 0.5) is 5.69 Å². The van der Waals surface area contributed by atoms with E-state index >= 15 is 0 Å². The van der Waals surface area contributed by atoms with E-state index in [2.05, 4.69) is 0 Å². The number of benzene rings is 1. The van der Waals surface area contributed by atoms with Crippen LogP contribution < -0.4 is 10.5 Å². The third-order valence-electron chi connectivity index (χ3n) is 1.74. The molecule has 1 rings (SSSR count). The smallest absolute Gasteiger partial charge is 0.138 e. The Bertz CT molecular complexity index is 350. The molecule has 0 saturated carbocycles. The van der Waals surface area contributed by atoms with Gasteiger partial charge in [-0.2, -0.15) is 0 Å². The van der Waals surface area contributed by atoms with Crippen molar-refractivity contribution in [3.05, 3.63) is 34.3 Å². The van der Waals surface area contributed by atoms with Crippen molar-refractivity contribution in [2.75, 3.05) is 12.3 Å². The number of anilines is 1. The van der Waals surface area contributed by atoms with Crippen molar-refractivity contribution in [3.8, 4) is 5.75 Å². The summed E-state index contributed by atoms with van der Waals surface area (Å²) < 4.78 is 5.35. The van der Waals surface area contributed by atoms with E-state index in [1.54, 1.807) is 18.2 Å². The van der Waals surface area contributed by atoms with Crippen molar-refractivity contribution in [1.82, 2.24) is 0 Å². The molecular weight excluding hydrogens is 221 g/mol. The van der Waals surface area contributed by atoms with Crippen molar-refractivity contribution in [2.24, 2.45) is 0 Å². The highest BCUT2D eigenvalue weighted by atomic mass is 35.5. The van der Waals surface area contributed by atoms with E-state index in [0.29, 0.717) is 23.1 Å². The highest BCUT2D eigenvalue weighted by Gasteiger charge is 2.03. The molecule has 0 radical (unpaired) electrons. The topological polar surface area (TPSA) is 35.2 Å². The maximum atomic E-state index is 5.92. The third-order valence-corrected chi connectivity index (χ3v) is 2.22. The Labute approximate surface area is 93.3 Å². The van der Waals surface area contributed by atoms with E-state index in [-0.39, 0.29) is 0 Å². The number of hydrogen-bond donors (Lipinski definition) is 1. The number of hydrogen-bond acceptors (Lipinski definition) is 2. The summed E-state index contributed by atoms with van der Waals surface area (Å²) in [5, 5.41) is 0.510. The fraction of sp³-hybridized carbons (Fsp3) is 0.200. The Hall–Kier alpha value is -0.860. The highest BCUT2D eigenvalue weighted by molar-refractivity contribution is 6.32. The molecule has 0 aliphatic heterocycles. The van der Waals surface area contributed by atoms with E-state index in [0.717, 1.165) is 5.56 Å². The second-order valence-electron chi connectivity index (χ2n) is 2.81. The highest BCUT2D eigenvalue weighted by Crippen LogP contribution is 2.29. The van der Waals surface area contributed by atoms with Crippen LogP contribution in [0.5, 0.6) is 5.75 Å². The molecule has 0 aliphatic carbocycles. The summed E-state index contributed by atoms with van der Waals surface area (Å²) in [5.74, 6) is 0.619. The molecule has 2 N–H and O–H groups in total. The molecular formula is C10H11Cl2NO. The van der Waals surface area contributed by atoms with Crippen LogP contribution in [-0.4, -0.2) is 6.61 Å². The molecule has 1 aromatic carbocycles. The fourth-order valence-electron chi connectivity index (χ4n) is 0.955. The maximum absolute atomic E-state index is 5.92.